The van der Waals surface area contributed by atoms with Crippen molar-refractivity contribution in [2.45, 2.75) is 98.8 Å². The van der Waals surface area contributed by atoms with Crippen LogP contribution in [-0.2, 0) is 9.53 Å². The highest BCUT2D eigenvalue weighted by Crippen LogP contribution is 2.14. The summed E-state index contributed by atoms with van der Waals surface area (Å²) in [7, 11) is 0. The summed E-state index contributed by atoms with van der Waals surface area (Å²) in [6.45, 7) is 14.9. The molecule has 0 aromatic carbocycles. The first-order valence-corrected chi connectivity index (χ1v) is 10.9. The maximum atomic E-state index is 12.1. The van der Waals surface area contributed by atoms with Gasteiger partial charge in [0.05, 0.1) is 13.0 Å². The molecule has 0 spiro atoms. The Morgan fingerprint density at radius 2 is 1.56 bits per heavy atom. The molecule has 25 heavy (non-hydrogen) atoms. The Kier molecular flexibility index (Phi) is 16.5. The van der Waals surface area contributed by atoms with Gasteiger partial charge in [-0.2, -0.15) is 0 Å². The van der Waals surface area contributed by atoms with Crippen LogP contribution in [0.3, 0.4) is 0 Å². The third-order valence-electron chi connectivity index (χ3n) is 5.35. The van der Waals surface area contributed by atoms with E-state index in [4.69, 9.17) is 4.74 Å². The zero-order chi connectivity index (χ0) is 18.9. The number of esters is 1. The Morgan fingerprint density at radius 3 is 2.16 bits per heavy atom. The van der Waals surface area contributed by atoms with E-state index in [-0.39, 0.29) is 5.97 Å². The van der Waals surface area contributed by atoms with E-state index in [0.717, 1.165) is 32.0 Å². The molecule has 2 unspecified atom stereocenters. The van der Waals surface area contributed by atoms with Gasteiger partial charge < -0.3 is 9.64 Å². The van der Waals surface area contributed by atoms with E-state index in [2.05, 4.69) is 39.5 Å². The monoisotopic (exact) mass is 355 g/mol. The van der Waals surface area contributed by atoms with Crippen molar-refractivity contribution in [1.82, 2.24) is 4.90 Å². The van der Waals surface area contributed by atoms with Crippen molar-refractivity contribution in [3.63, 3.8) is 0 Å². The first kappa shape index (κ1) is 24.4. The first-order valence-electron chi connectivity index (χ1n) is 10.9. The number of unbranched alkanes of at least 4 members (excludes halogenated alkanes) is 2. The van der Waals surface area contributed by atoms with Crippen molar-refractivity contribution in [3.05, 3.63) is 0 Å². The molecular weight excluding hydrogens is 310 g/mol. The number of rotatable bonds is 17. The molecule has 0 fully saturated rings. The molecule has 0 saturated heterocycles. The van der Waals surface area contributed by atoms with E-state index in [1.807, 2.05) is 0 Å². The van der Waals surface area contributed by atoms with Gasteiger partial charge in [0, 0.05) is 6.54 Å². The lowest BCUT2D eigenvalue weighted by Crippen LogP contribution is -2.29. The number of carbonyl (C=O) groups excluding carboxylic acids is 1. The molecule has 0 aromatic rings. The summed E-state index contributed by atoms with van der Waals surface area (Å²) in [5, 5.41) is 0. The minimum atomic E-state index is -0.0154. The van der Waals surface area contributed by atoms with Crippen molar-refractivity contribution >= 4 is 5.97 Å². The molecule has 0 aliphatic rings. The molecule has 0 N–H and O–H groups in total. The molecule has 0 aliphatic heterocycles. The van der Waals surface area contributed by atoms with Gasteiger partial charge in [-0.25, -0.2) is 0 Å². The smallest absolute Gasteiger partial charge is 0.307 e. The standard InChI is InChI=1S/C22H45NO2/c1-6-10-14-21(9-4)19-25-22(24)15-18-23(16-11-7-2)17-12-13-20(5)8-3/h20-21H,6-19H2,1-5H3. The summed E-state index contributed by atoms with van der Waals surface area (Å²) in [5.41, 5.74) is 0. The Balaban J connectivity index is 4.08. The molecule has 0 saturated carbocycles. The summed E-state index contributed by atoms with van der Waals surface area (Å²) in [5.74, 6) is 1.33. The van der Waals surface area contributed by atoms with E-state index in [0.29, 0.717) is 18.9 Å². The zero-order valence-corrected chi connectivity index (χ0v) is 17.8. The summed E-state index contributed by atoms with van der Waals surface area (Å²) < 4.78 is 5.54. The first-order chi connectivity index (χ1) is 12.1. The summed E-state index contributed by atoms with van der Waals surface area (Å²) in [6, 6.07) is 0. The Bertz CT molecular complexity index is 306. The average molecular weight is 356 g/mol. The Labute approximate surface area is 157 Å². The Hall–Kier alpha value is -0.570. The second kappa shape index (κ2) is 16.9. The number of hydrogen-bond acceptors (Lipinski definition) is 3. The lowest BCUT2D eigenvalue weighted by atomic mass is 10.0. The maximum absolute atomic E-state index is 12.1. The van der Waals surface area contributed by atoms with Gasteiger partial charge in [-0.1, -0.05) is 66.7 Å². The average Bonchev–Trinajstić information content (AvgIpc) is 2.63. The molecule has 0 amide bonds. The lowest BCUT2D eigenvalue weighted by Gasteiger charge is -2.22. The zero-order valence-electron chi connectivity index (χ0n) is 17.8. The fourth-order valence-electron chi connectivity index (χ4n) is 3.02. The predicted octanol–water partition coefficient (Wildman–Crippen LogP) is 6.06. The highest BCUT2D eigenvalue weighted by atomic mass is 16.5. The van der Waals surface area contributed by atoms with Crippen LogP contribution in [0.1, 0.15) is 98.8 Å². The molecule has 150 valence electrons. The second-order valence-corrected chi connectivity index (χ2v) is 7.70. The van der Waals surface area contributed by atoms with Gasteiger partial charge in [0.1, 0.15) is 0 Å². The van der Waals surface area contributed by atoms with Crippen molar-refractivity contribution in [2.24, 2.45) is 11.8 Å². The fraction of sp³-hybridized carbons (Fsp3) is 0.955. The van der Waals surface area contributed by atoms with Gasteiger partial charge >= 0.3 is 5.97 Å². The normalized spacial score (nSPS) is 13.8. The van der Waals surface area contributed by atoms with Gasteiger partial charge in [-0.05, 0) is 50.6 Å². The molecule has 0 rings (SSSR count). The van der Waals surface area contributed by atoms with Crippen LogP contribution in [0.25, 0.3) is 0 Å². The predicted molar refractivity (Wildman–Crippen MR) is 109 cm³/mol. The molecule has 0 aliphatic carbocycles. The van der Waals surface area contributed by atoms with E-state index < -0.39 is 0 Å². The quantitative estimate of drug-likeness (QED) is 0.297. The van der Waals surface area contributed by atoms with E-state index in [9.17, 15) is 4.79 Å². The van der Waals surface area contributed by atoms with Crippen LogP contribution >= 0.6 is 0 Å². The van der Waals surface area contributed by atoms with E-state index >= 15 is 0 Å². The molecule has 2 atom stereocenters. The van der Waals surface area contributed by atoms with E-state index in [1.165, 1.54) is 51.4 Å². The van der Waals surface area contributed by atoms with Crippen molar-refractivity contribution in [2.75, 3.05) is 26.2 Å². The molecular formula is C22H45NO2. The third-order valence-corrected chi connectivity index (χ3v) is 5.35. The summed E-state index contributed by atoms with van der Waals surface area (Å²) in [4.78, 5) is 14.6. The fourth-order valence-corrected chi connectivity index (χ4v) is 3.02. The van der Waals surface area contributed by atoms with Crippen LogP contribution < -0.4 is 0 Å². The van der Waals surface area contributed by atoms with Gasteiger partial charge in [0.25, 0.3) is 0 Å². The number of carbonyl (C=O) groups is 1. The molecule has 0 aromatic heterocycles. The van der Waals surface area contributed by atoms with Gasteiger partial charge in [-0.3, -0.25) is 4.79 Å². The van der Waals surface area contributed by atoms with Gasteiger partial charge in [0.15, 0.2) is 0 Å². The molecule has 0 heterocycles. The molecule has 0 bridgehead atoms. The van der Waals surface area contributed by atoms with Crippen LogP contribution in [0.5, 0.6) is 0 Å². The van der Waals surface area contributed by atoms with Crippen LogP contribution in [0.4, 0.5) is 0 Å². The van der Waals surface area contributed by atoms with Gasteiger partial charge in [-0.15, -0.1) is 0 Å². The van der Waals surface area contributed by atoms with Crippen LogP contribution in [0.15, 0.2) is 0 Å². The highest BCUT2D eigenvalue weighted by molar-refractivity contribution is 5.69. The molecule has 0 radical (unpaired) electrons. The second-order valence-electron chi connectivity index (χ2n) is 7.70. The molecule has 3 nitrogen and oxygen atoms in total. The number of ether oxygens (including phenoxy) is 1. The van der Waals surface area contributed by atoms with Crippen molar-refractivity contribution < 1.29 is 9.53 Å². The van der Waals surface area contributed by atoms with Crippen LogP contribution in [-0.4, -0.2) is 37.1 Å². The number of nitrogens with zero attached hydrogens (tertiary/aromatic N) is 1. The maximum Gasteiger partial charge on any atom is 0.307 e. The number of hydrogen-bond donors (Lipinski definition) is 0. The summed E-state index contributed by atoms with van der Waals surface area (Å²) in [6.07, 6.45) is 11.5. The topological polar surface area (TPSA) is 29.5 Å². The van der Waals surface area contributed by atoms with Crippen LogP contribution in [0.2, 0.25) is 0 Å². The van der Waals surface area contributed by atoms with Crippen molar-refractivity contribution in [3.8, 4) is 0 Å². The van der Waals surface area contributed by atoms with Gasteiger partial charge in [0.2, 0.25) is 0 Å². The Morgan fingerprint density at radius 1 is 0.880 bits per heavy atom. The SMILES string of the molecule is CCCCC(CC)COC(=O)CCN(CCCC)CCCC(C)CC. The lowest BCUT2D eigenvalue weighted by molar-refractivity contribution is -0.145. The van der Waals surface area contributed by atoms with Crippen LogP contribution in [0, 0.1) is 11.8 Å². The highest BCUT2D eigenvalue weighted by Gasteiger charge is 2.12. The van der Waals surface area contributed by atoms with Crippen molar-refractivity contribution in [1.29, 1.82) is 0 Å². The molecule has 3 heteroatoms. The summed E-state index contributed by atoms with van der Waals surface area (Å²) >= 11 is 0. The minimum Gasteiger partial charge on any atom is -0.465 e. The minimum absolute atomic E-state index is 0.0154. The van der Waals surface area contributed by atoms with E-state index in [1.54, 1.807) is 0 Å². The third kappa shape index (κ3) is 14.3. The largest absolute Gasteiger partial charge is 0.465 e.